The Balaban J connectivity index is 1.98. The number of carbonyl (C=O) groups excluding carboxylic acids is 2. The van der Waals surface area contributed by atoms with Crippen molar-refractivity contribution in [3.63, 3.8) is 0 Å². The van der Waals surface area contributed by atoms with E-state index in [-0.39, 0.29) is 0 Å². The van der Waals surface area contributed by atoms with Crippen molar-refractivity contribution in [1.82, 2.24) is 9.47 Å². The molecule has 8 heteroatoms. The van der Waals surface area contributed by atoms with Gasteiger partial charge in [-0.1, -0.05) is 23.7 Å². The standard InChI is InChI=1S/C28H33ClN2O5/c1-27(2,3)35-25(32)30-15-14-20-21-16-18(29)10-13-22(21)31(26(33)36-28(4,5)6)24(20)23(30)17-8-11-19(34-7)12-9-17/h8-13,16,23H,14-15H2,1-7H3. The lowest BCUT2D eigenvalue weighted by Crippen LogP contribution is -2.44. The molecule has 1 aliphatic rings. The number of halogens is 1. The van der Waals surface area contributed by atoms with Crippen molar-refractivity contribution in [1.29, 1.82) is 0 Å². The maximum absolute atomic E-state index is 13.6. The highest BCUT2D eigenvalue weighted by atomic mass is 35.5. The fourth-order valence-corrected chi connectivity index (χ4v) is 4.72. The van der Waals surface area contributed by atoms with Gasteiger partial charge in [0.25, 0.3) is 0 Å². The van der Waals surface area contributed by atoms with Crippen LogP contribution in [-0.2, 0) is 15.9 Å². The Kier molecular flexibility index (Phi) is 6.73. The van der Waals surface area contributed by atoms with Crippen molar-refractivity contribution in [3.8, 4) is 5.75 Å². The molecule has 1 aromatic heterocycles. The molecular formula is C28H33ClN2O5. The molecule has 2 aromatic carbocycles. The Morgan fingerprint density at radius 2 is 1.53 bits per heavy atom. The zero-order valence-corrected chi connectivity index (χ0v) is 22.6. The SMILES string of the molecule is COc1ccc(C2c3c(c4cc(Cl)ccc4n3C(=O)OC(C)(C)C)CCN2C(=O)OC(C)(C)C)cc1. The topological polar surface area (TPSA) is 70.0 Å². The number of carbonyl (C=O) groups is 2. The van der Waals surface area contributed by atoms with Crippen molar-refractivity contribution in [2.75, 3.05) is 13.7 Å². The normalized spacial score (nSPS) is 16.0. The minimum Gasteiger partial charge on any atom is -0.497 e. The van der Waals surface area contributed by atoms with Gasteiger partial charge in [-0.3, -0.25) is 4.90 Å². The molecule has 0 saturated heterocycles. The number of nitrogens with zero attached hydrogens (tertiary/aromatic N) is 2. The van der Waals surface area contributed by atoms with Crippen LogP contribution in [0.5, 0.6) is 5.75 Å². The van der Waals surface area contributed by atoms with Crippen molar-refractivity contribution < 1.29 is 23.8 Å². The van der Waals surface area contributed by atoms with Crippen LogP contribution in [0.2, 0.25) is 5.02 Å². The molecule has 0 fully saturated rings. The first kappa shape index (κ1) is 25.9. The van der Waals surface area contributed by atoms with Gasteiger partial charge >= 0.3 is 12.2 Å². The maximum atomic E-state index is 13.6. The van der Waals surface area contributed by atoms with Crippen LogP contribution < -0.4 is 4.74 Å². The molecule has 7 nitrogen and oxygen atoms in total. The molecule has 0 spiro atoms. The Morgan fingerprint density at radius 1 is 0.917 bits per heavy atom. The van der Waals surface area contributed by atoms with Gasteiger partial charge in [0.05, 0.1) is 18.3 Å². The first-order valence-corrected chi connectivity index (χ1v) is 12.4. The molecule has 1 atom stereocenters. The zero-order valence-electron chi connectivity index (χ0n) is 21.8. The second-order valence-electron chi connectivity index (χ2n) is 10.9. The summed E-state index contributed by atoms with van der Waals surface area (Å²) in [5, 5.41) is 1.44. The lowest BCUT2D eigenvalue weighted by molar-refractivity contribution is 0.0164. The summed E-state index contributed by atoms with van der Waals surface area (Å²) in [7, 11) is 1.60. The minimum atomic E-state index is -0.706. The number of rotatable bonds is 2. The molecule has 1 amide bonds. The van der Waals surface area contributed by atoms with E-state index in [9.17, 15) is 9.59 Å². The quantitative estimate of drug-likeness (QED) is 0.371. The molecule has 1 aliphatic heterocycles. The van der Waals surface area contributed by atoms with E-state index >= 15 is 0 Å². The second kappa shape index (κ2) is 9.36. The molecule has 1 unspecified atom stereocenters. The Labute approximate surface area is 216 Å². The van der Waals surface area contributed by atoms with Crippen molar-refractivity contribution in [2.24, 2.45) is 0 Å². The van der Waals surface area contributed by atoms with Crippen LogP contribution in [0, 0.1) is 0 Å². The minimum absolute atomic E-state index is 0.415. The number of benzene rings is 2. The highest BCUT2D eigenvalue weighted by molar-refractivity contribution is 6.31. The van der Waals surface area contributed by atoms with Gasteiger partial charge in [-0.2, -0.15) is 0 Å². The fourth-order valence-electron chi connectivity index (χ4n) is 4.55. The van der Waals surface area contributed by atoms with Crippen LogP contribution in [0.4, 0.5) is 9.59 Å². The van der Waals surface area contributed by atoms with E-state index in [0.29, 0.717) is 34.9 Å². The Morgan fingerprint density at radius 3 is 2.11 bits per heavy atom. The number of aromatic nitrogens is 1. The monoisotopic (exact) mass is 512 g/mol. The van der Waals surface area contributed by atoms with Crippen molar-refractivity contribution in [3.05, 3.63) is 64.3 Å². The van der Waals surface area contributed by atoms with Gasteiger partial charge in [0.2, 0.25) is 0 Å². The van der Waals surface area contributed by atoms with E-state index in [1.165, 1.54) is 0 Å². The Bertz CT molecular complexity index is 1300. The fraction of sp³-hybridized carbons (Fsp3) is 0.429. The molecule has 0 radical (unpaired) electrons. The van der Waals surface area contributed by atoms with Gasteiger partial charge in [0, 0.05) is 17.0 Å². The average Bonchev–Trinajstić information content (AvgIpc) is 3.10. The summed E-state index contributed by atoms with van der Waals surface area (Å²) < 4.78 is 18.5. The summed E-state index contributed by atoms with van der Waals surface area (Å²) in [6, 6.07) is 12.3. The number of hydrogen-bond acceptors (Lipinski definition) is 5. The second-order valence-corrected chi connectivity index (χ2v) is 11.4. The van der Waals surface area contributed by atoms with Crippen molar-refractivity contribution >= 4 is 34.7 Å². The summed E-state index contributed by atoms with van der Waals surface area (Å²) in [6.45, 7) is 11.4. The molecular weight excluding hydrogens is 480 g/mol. The highest BCUT2D eigenvalue weighted by Gasteiger charge is 2.40. The van der Waals surface area contributed by atoms with E-state index in [1.54, 1.807) is 22.6 Å². The van der Waals surface area contributed by atoms with Crippen LogP contribution >= 0.6 is 11.6 Å². The molecule has 0 N–H and O–H groups in total. The highest BCUT2D eigenvalue weighted by Crippen LogP contribution is 2.42. The predicted molar refractivity (Wildman–Crippen MR) is 140 cm³/mol. The lowest BCUT2D eigenvalue weighted by atomic mass is 9.92. The van der Waals surface area contributed by atoms with Crippen LogP contribution in [0.15, 0.2) is 42.5 Å². The molecule has 192 valence electrons. The van der Waals surface area contributed by atoms with E-state index in [1.807, 2.05) is 77.9 Å². The van der Waals surface area contributed by atoms with Crippen LogP contribution in [0.1, 0.15) is 64.4 Å². The number of ether oxygens (including phenoxy) is 3. The van der Waals surface area contributed by atoms with Crippen LogP contribution in [0.25, 0.3) is 10.9 Å². The molecule has 4 rings (SSSR count). The molecule has 36 heavy (non-hydrogen) atoms. The summed E-state index contributed by atoms with van der Waals surface area (Å²) in [5.74, 6) is 0.693. The molecule has 0 saturated carbocycles. The predicted octanol–water partition coefficient (Wildman–Crippen LogP) is 6.97. The van der Waals surface area contributed by atoms with Crippen LogP contribution in [0.3, 0.4) is 0 Å². The first-order valence-electron chi connectivity index (χ1n) is 12.0. The van der Waals surface area contributed by atoms with E-state index in [0.717, 1.165) is 16.5 Å². The third-order valence-corrected chi connectivity index (χ3v) is 6.12. The van der Waals surface area contributed by atoms with Gasteiger partial charge in [-0.25, -0.2) is 14.2 Å². The molecule has 3 aromatic rings. The molecule has 0 aliphatic carbocycles. The third kappa shape index (κ3) is 5.16. The number of methoxy groups -OCH3 is 1. The summed E-state index contributed by atoms with van der Waals surface area (Å²) in [5.41, 5.74) is 1.75. The lowest BCUT2D eigenvalue weighted by Gasteiger charge is -2.38. The Hall–Kier alpha value is -3.19. The zero-order chi connectivity index (χ0) is 26.4. The molecule has 2 heterocycles. The summed E-state index contributed by atoms with van der Waals surface area (Å²) in [6.07, 6.45) is -0.429. The number of fused-ring (bicyclic) bond motifs is 3. The smallest absolute Gasteiger partial charge is 0.419 e. The van der Waals surface area contributed by atoms with Gasteiger partial charge in [0.1, 0.15) is 23.0 Å². The van der Waals surface area contributed by atoms with E-state index in [2.05, 4.69) is 0 Å². The summed E-state index contributed by atoms with van der Waals surface area (Å²) in [4.78, 5) is 28.7. The van der Waals surface area contributed by atoms with Gasteiger partial charge in [-0.05, 0) is 89.4 Å². The van der Waals surface area contributed by atoms with E-state index < -0.39 is 29.4 Å². The van der Waals surface area contributed by atoms with Gasteiger partial charge in [-0.15, -0.1) is 0 Å². The largest absolute Gasteiger partial charge is 0.497 e. The van der Waals surface area contributed by atoms with Crippen LogP contribution in [-0.4, -0.2) is 46.5 Å². The summed E-state index contributed by atoms with van der Waals surface area (Å²) >= 11 is 6.37. The van der Waals surface area contributed by atoms with Gasteiger partial charge in [0.15, 0.2) is 0 Å². The van der Waals surface area contributed by atoms with Gasteiger partial charge < -0.3 is 14.2 Å². The average molecular weight is 513 g/mol. The maximum Gasteiger partial charge on any atom is 0.419 e. The third-order valence-electron chi connectivity index (χ3n) is 5.88. The number of amides is 1. The van der Waals surface area contributed by atoms with E-state index in [4.69, 9.17) is 25.8 Å². The van der Waals surface area contributed by atoms with Crippen molar-refractivity contribution in [2.45, 2.75) is 65.2 Å². The molecule has 0 bridgehead atoms. The number of hydrogen-bond donors (Lipinski definition) is 0. The first-order chi connectivity index (χ1) is 16.8.